The summed E-state index contributed by atoms with van der Waals surface area (Å²) in [6.45, 7) is 8.77. The van der Waals surface area contributed by atoms with Crippen LogP contribution in [-0.2, 0) is 0 Å². The third-order valence-corrected chi connectivity index (χ3v) is 3.21. The van der Waals surface area contributed by atoms with E-state index < -0.39 is 0 Å². The molecule has 4 N–H and O–H groups in total. The van der Waals surface area contributed by atoms with Crippen molar-refractivity contribution in [2.75, 3.05) is 11.5 Å². The van der Waals surface area contributed by atoms with E-state index in [9.17, 15) is 0 Å². The van der Waals surface area contributed by atoms with E-state index in [2.05, 4.69) is 39.8 Å². The first-order chi connectivity index (χ1) is 8.47. The Labute approximate surface area is 111 Å². The van der Waals surface area contributed by atoms with Crippen LogP contribution < -0.4 is 11.5 Å². The number of hydrogen-bond acceptors (Lipinski definition) is 2. The Morgan fingerprint density at radius 2 is 1.83 bits per heavy atom. The maximum absolute atomic E-state index is 6.27. The van der Waals surface area contributed by atoms with E-state index in [-0.39, 0.29) is 0 Å². The van der Waals surface area contributed by atoms with E-state index in [4.69, 9.17) is 11.5 Å². The molecule has 0 aliphatic carbocycles. The molecule has 1 aromatic rings. The Morgan fingerprint density at radius 3 is 2.39 bits per heavy atom. The summed E-state index contributed by atoms with van der Waals surface area (Å²) in [6, 6.07) is 3.97. The number of anilines is 2. The highest BCUT2D eigenvalue weighted by Gasteiger charge is 2.15. The largest absolute Gasteiger partial charge is 0.398 e. The lowest BCUT2D eigenvalue weighted by Crippen LogP contribution is -2.07. The molecule has 0 aliphatic heterocycles. The number of hydrogen-bond donors (Lipinski definition) is 2. The first-order valence-electron chi connectivity index (χ1n) is 6.81. The molecule has 0 saturated heterocycles. The van der Waals surface area contributed by atoms with Gasteiger partial charge in [-0.25, -0.2) is 0 Å². The fourth-order valence-corrected chi connectivity index (χ4v) is 2.44. The SMILES string of the molecule is CCC=Cc1ccc(N)c(C(C)CC(C)C)c1N. The second kappa shape index (κ2) is 6.48. The molecule has 18 heavy (non-hydrogen) atoms. The van der Waals surface area contributed by atoms with Crippen molar-refractivity contribution in [3.63, 3.8) is 0 Å². The number of benzene rings is 1. The zero-order chi connectivity index (χ0) is 13.7. The van der Waals surface area contributed by atoms with Crippen LogP contribution in [0.4, 0.5) is 11.4 Å². The summed E-state index contributed by atoms with van der Waals surface area (Å²) >= 11 is 0. The molecule has 100 valence electrons. The van der Waals surface area contributed by atoms with Crippen molar-refractivity contribution in [1.29, 1.82) is 0 Å². The number of nitrogen functional groups attached to an aromatic ring is 2. The minimum Gasteiger partial charge on any atom is -0.398 e. The highest BCUT2D eigenvalue weighted by atomic mass is 14.6. The van der Waals surface area contributed by atoms with Crippen LogP contribution >= 0.6 is 0 Å². The van der Waals surface area contributed by atoms with Gasteiger partial charge in [-0.05, 0) is 36.3 Å². The predicted molar refractivity (Wildman–Crippen MR) is 82.5 cm³/mol. The Balaban J connectivity index is 3.13. The lowest BCUT2D eigenvalue weighted by Gasteiger charge is -2.20. The molecule has 0 aliphatic rings. The molecule has 1 rings (SSSR count). The van der Waals surface area contributed by atoms with Crippen LogP contribution in [0.1, 0.15) is 57.6 Å². The van der Waals surface area contributed by atoms with E-state index in [0.29, 0.717) is 11.8 Å². The van der Waals surface area contributed by atoms with E-state index in [1.54, 1.807) is 0 Å². The third kappa shape index (κ3) is 3.52. The standard InChI is InChI=1S/C16H26N2/c1-5-6-7-13-8-9-14(17)15(16(13)18)12(4)10-11(2)3/h6-9,11-12H,5,10,17-18H2,1-4H3. The maximum atomic E-state index is 6.27. The van der Waals surface area contributed by atoms with Crippen LogP contribution in [0.3, 0.4) is 0 Å². The first-order valence-corrected chi connectivity index (χ1v) is 6.81. The molecular formula is C16H26N2. The van der Waals surface area contributed by atoms with Gasteiger partial charge in [-0.3, -0.25) is 0 Å². The van der Waals surface area contributed by atoms with Crippen LogP contribution in [0, 0.1) is 5.92 Å². The van der Waals surface area contributed by atoms with Crippen LogP contribution in [0.15, 0.2) is 18.2 Å². The van der Waals surface area contributed by atoms with Gasteiger partial charge in [0.2, 0.25) is 0 Å². The van der Waals surface area contributed by atoms with E-state index in [1.165, 1.54) is 0 Å². The summed E-state index contributed by atoms with van der Waals surface area (Å²) in [4.78, 5) is 0. The van der Waals surface area contributed by atoms with Crippen molar-refractivity contribution in [3.05, 3.63) is 29.3 Å². The average Bonchev–Trinajstić information content (AvgIpc) is 2.27. The normalized spacial score (nSPS) is 13.4. The summed E-state index contributed by atoms with van der Waals surface area (Å²) < 4.78 is 0. The Kier molecular flexibility index (Phi) is 5.26. The molecule has 0 aromatic heterocycles. The van der Waals surface area contributed by atoms with Crippen LogP contribution in [0.2, 0.25) is 0 Å². The molecule has 0 heterocycles. The second-order valence-corrected chi connectivity index (χ2v) is 5.41. The first kappa shape index (κ1) is 14.6. The summed E-state index contributed by atoms with van der Waals surface area (Å²) in [5.41, 5.74) is 16.2. The molecule has 2 nitrogen and oxygen atoms in total. The monoisotopic (exact) mass is 246 g/mol. The molecule has 0 saturated carbocycles. The quantitative estimate of drug-likeness (QED) is 0.755. The lowest BCUT2D eigenvalue weighted by molar-refractivity contribution is 0.525. The van der Waals surface area contributed by atoms with Crippen molar-refractivity contribution in [3.8, 4) is 0 Å². The Morgan fingerprint density at radius 1 is 1.17 bits per heavy atom. The van der Waals surface area contributed by atoms with Gasteiger partial charge < -0.3 is 11.5 Å². The topological polar surface area (TPSA) is 52.0 Å². The Bertz CT molecular complexity index is 419. The molecule has 0 spiro atoms. The molecule has 0 radical (unpaired) electrons. The molecule has 0 fully saturated rings. The van der Waals surface area contributed by atoms with Gasteiger partial charge in [-0.2, -0.15) is 0 Å². The zero-order valence-corrected chi connectivity index (χ0v) is 12.0. The molecule has 2 heteroatoms. The van der Waals surface area contributed by atoms with Gasteiger partial charge in [0.1, 0.15) is 0 Å². The predicted octanol–water partition coefficient (Wildman–Crippen LogP) is 4.42. The minimum absolute atomic E-state index is 0.403. The van der Waals surface area contributed by atoms with Crippen LogP contribution in [-0.4, -0.2) is 0 Å². The molecule has 1 atom stereocenters. The number of rotatable bonds is 5. The van der Waals surface area contributed by atoms with E-state index in [0.717, 1.165) is 35.3 Å². The summed E-state index contributed by atoms with van der Waals surface area (Å²) in [5, 5.41) is 0. The molecule has 1 unspecified atom stereocenters. The van der Waals surface area contributed by atoms with Gasteiger partial charge in [0, 0.05) is 16.9 Å². The molecule has 0 bridgehead atoms. The molecule has 1 aromatic carbocycles. The minimum atomic E-state index is 0.403. The third-order valence-electron chi connectivity index (χ3n) is 3.21. The average molecular weight is 246 g/mol. The van der Waals surface area contributed by atoms with Gasteiger partial charge in [-0.1, -0.05) is 45.9 Å². The van der Waals surface area contributed by atoms with Crippen molar-refractivity contribution in [1.82, 2.24) is 0 Å². The van der Waals surface area contributed by atoms with Gasteiger partial charge >= 0.3 is 0 Å². The molecular weight excluding hydrogens is 220 g/mol. The van der Waals surface area contributed by atoms with Crippen molar-refractivity contribution >= 4 is 17.5 Å². The zero-order valence-electron chi connectivity index (χ0n) is 12.0. The van der Waals surface area contributed by atoms with Crippen LogP contribution in [0.5, 0.6) is 0 Å². The van der Waals surface area contributed by atoms with Gasteiger partial charge in [0.15, 0.2) is 0 Å². The number of allylic oxidation sites excluding steroid dienone is 1. The smallest absolute Gasteiger partial charge is 0.0443 e. The van der Waals surface area contributed by atoms with Gasteiger partial charge in [0.25, 0.3) is 0 Å². The van der Waals surface area contributed by atoms with Crippen molar-refractivity contribution in [2.24, 2.45) is 5.92 Å². The number of nitrogens with two attached hydrogens (primary N) is 2. The summed E-state index contributed by atoms with van der Waals surface area (Å²) in [7, 11) is 0. The second-order valence-electron chi connectivity index (χ2n) is 5.41. The Hall–Kier alpha value is -1.44. The fourth-order valence-electron chi connectivity index (χ4n) is 2.44. The van der Waals surface area contributed by atoms with Gasteiger partial charge in [0.05, 0.1) is 0 Å². The highest BCUT2D eigenvalue weighted by Crippen LogP contribution is 2.35. The summed E-state index contributed by atoms with van der Waals surface area (Å²) in [6.07, 6.45) is 6.33. The van der Waals surface area contributed by atoms with Crippen molar-refractivity contribution < 1.29 is 0 Å². The van der Waals surface area contributed by atoms with E-state index in [1.807, 2.05) is 12.1 Å². The van der Waals surface area contributed by atoms with Crippen molar-refractivity contribution in [2.45, 2.75) is 46.5 Å². The van der Waals surface area contributed by atoms with Gasteiger partial charge in [-0.15, -0.1) is 0 Å². The van der Waals surface area contributed by atoms with Crippen LogP contribution in [0.25, 0.3) is 6.08 Å². The molecule has 0 amide bonds. The fraction of sp³-hybridized carbons (Fsp3) is 0.500. The highest BCUT2D eigenvalue weighted by molar-refractivity contribution is 5.74. The van der Waals surface area contributed by atoms with E-state index >= 15 is 0 Å². The maximum Gasteiger partial charge on any atom is 0.0443 e. The lowest BCUT2D eigenvalue weighted by atomic mass is 9.88. The summed E-state index contributed by atoms with van der Waals surface area (Å²) in [5.74, 6) is 1.05.